The van der Waals surface area contributed by atoms with Crippen LogP contribution in [0.1, 0.15) is 28.1 Å². The van der Waals surface area contributed by atoms with Crippen LogP contribution in [0.25, 0.3) is 11.3 Å². The molecule has 1 aromatic carbocycles. The van der Waals surface area contributed by atoms with Gasteiger partial charge < -0.3 is 11.1 Å². The Morgan fingerprint density at radius 1 is 1.40 bits per heavy atom. The monoisotopic (exact) mass is 287 g/mol. The zero-order chi connectivity index (χ0) is 14.1. The second kappa shape index (κ2) is 5.25. The molecule has 1 aliphatic carbocycles. The first-order valence-corrected chi connectivity index (χ1v) is 7.53. The van der Waals surface area contributed by atoms with Crippen LogP contribution in [-0.2, 0) is 0 Å². The molecule has 1 aromatic heterocycles. The Balaban J connectivity index is 1.80. The van der Waals surface area contributed by atoms with Crippen molar-refractivity contribution in [2.45, 2.75) is 19.8 Å². The van der Waals surface area contributed by atoms with Crippen LogP contribution in [0.3, 0.4) is 0 Å². The lowest BCUT2D eigenvalue weighted by molar-refractivity contribution is 0.0956. The molecule has 2 aromatic rings. The van der Waals surface area contributed by atoms with E-state index in [9.17, 15) is 4.79 Å². The van der Waals surface area contributed by atoms with Crippen LogP contribution < -0.4 is 11.1 Å². The van der Waals surface area contributed by atoms with E-state index in [2.05, 4.69) is 9.69 Å². The van der Waals surface area contributed by atoms with Crippen molar-refractivity contribution < 1.29 is 4.79 Å². The molecular formula is C15H17N3OS. The maximum absolute atomic E-state index is 12.1. The second-order valence-corrected chi connectivity index (χ2v) is 6.07. The van der Waals surface area contributed by atoms with E-state index >= 15 is 0 Å². The number of rotatable bonds is 4. The summed E-state index contributed by atoms with van der Waals surface area (Å²) in [6.07, 6.45) is 2.43. The highest BCUT2D eigenvalue weighted by molar-refractivity contribution is 7.09. The quantitative estimate of drug-likeness (QED) is 0.908. The first kappa shape index (κ1) is 13.1. The van der Waals surface area contributed by atoms with Crippen LogP contribution in [0, 0.1) is 12.8 Å². The Bertz CT molecular complexity index is 629. The molecule has 3 rings (SSSR count). The zero-order valence-corrected chi connectivity index (χ0v) is 12.2. The van der Waals surface area contributed by atoms with Gasteiger partial charge in [0.05, 0.1) is 5.69 Å². The van der Waals surface area contributed by atoms with E-state index < -0.39 is 0 Å². The number of nitrogens with zero attached hydrogens (tertiary/aromatic N) is 1. The molecule has 1 amide bonds. The van der Waals surface area contributed by atoms with E-state index in [-0.39, 0.29) is 5.91 Å². The number of nitrogens with one attached hydrogen (secondary N) is 1. The number of carbonyl (C=O) groups excluding carboxylic acids is 1. The average Bonchev–Trinajstić information content (AvgIpc) is 3.19. The molecule has 5 heteroatoms. The molecular weight excluding hydrogens is 270 g/mol. The van der Waals surface area contributed by atoms with Gasteiger partial charge in [-0.25, -0.2) is 0 Å². The van der Waals surface area contributed by atoms with E-state index in [4.69, 9.17) is 5.73 Å². The summed E-state index contributed by atoms with van der Waals surface area (Å²) in [5, 5.41) is 2.93. The van der Waals surface area contributed by atoms with Crippen LogP contribution in [0.5, 0.6) is 0 Å². The summed E-state index contributed by atoms with van der Waals surface area (Å²) in [7, 11) is 0. The fourth-order valence-electron chi connectivity index (χ4n) is 2.02. The molecule has 0 bridgehead atoms. The number of carbonyl (C=O) groups is 1. The number of aromatic nitrogens is 1. The number of anilines is 1. The van der Waals surface area contributed by atoms with Crippen LogP contribution >= 0.6 is 11.5 Å². The van der Waals surface area contributed by atoms with Gasteiger partial charge in [0.15, 0.2) is 0 Å². The third kappa shape index (κ3) is 2.67. The molecule has 3 N–H and O–H groups in total. The van der Waals surface area contributed by atoms with Gasteiger partial charge in [0, 0.05) is 12.1 Å². The molecule has 0 radical (unpaired) electrons. The predicted molar refractivity (Wildman–Crippen MR) is 81.8 cm³/mol. The van der Waals surface area contributed by atoms with Crippen molar-refractivity contribution >= 4 is 23.1 Å². The molecule has 0 atom stereocenters. The SMILES string of the molecule is Cc1ccc(-c2nsc(C(=O)NCC3CC3)c2N)cc1. The smallest absolute Gasteiger partial charge is 0.265 e. The molecule has 104 valence electrons. The number of hydrogen-bond acceptors (Lipinski definition) is 4. The van der Waals surface area contributed by atoms with Crippen molar-refractivity contribution in [3.8, 4) is 11.3 Å². The summed E-state index contributed by atoms with van der Waals surface area (Å²) in [4.78, 5) is 12.6. The van der Waals surface area contributed by atoms with Crippen LogP contribution in [-0.4, -0.2) is 16.8 Å². The van der Waals surface area contributed by atoms with E-state index in [1.807, 2.05) is 31.2 Å². The number of hydrogen-bond donors (Lipinski definition) is 2. The van der Waals surface area contributed by atoms with Crippen molar-refractivity contribution in [3.63, 3.8) is 0 Å². The van der Waals surface area contributed by atoms with Gasteiger partial charge >= 0.3 is 0 Å². The number of nitrogens with two attached hydrogens (primary N) is 1. The number of nitrogen functional groups attached to an aromatic ring is 1. The Labute approximate surface area is 122 Å². The third-order valence-corrected chi connectivity index (χ3v) is 4.37. The fraction of sp³-hybridized carbons (Fsp3) is 0.333. The molecule has 0 aliphatic heterocycles. The molecule has 0 spiro atoms. The van der Waals surface area contributed by atoms with Gasteiger partial charge in [0.1, 0.15) is 10.6 Å². The van der Waals surface area contributed by atoms with Crippen molar-refractivity contribution in [1.82, 2.24) is 9.69 Å². The third-order valence-electron chi connectivity index (χ3n) is 3.51. The summed E-state index contributed by atoms with van der Waals surface area (Å²) in [5.41, 5.74) is 9.40. The lowest BCUT2D eigenvalue weighted by atomic mass is 10.1. The number of amides is 1. The summed E-state index contributed by atoms with van der Waals surface area (Å²) >= 11 is 1.17. The van der Waals surface area contributed by atoms with Crippen LogP contribution in [0.15, 0.2) is 24.3 Å². The molecule has 4 nitrogen and oxygen atoms in total. The summed E-state index contributed by atoms with van der Waals surface area (Å²) in [5.74, 6) is 0.551. The first-order valence-electron chi connectivity index (χ1n) is 6.75. The highest BCUT2D eigenvalue weighted by Crippen LogP contribution is 2.31. The molecule has 1 aliphatic rings. The Hall–Kier alpha value is -1.88. The Morgan fingerprint density at radius 3 is 2.75 bits per heavy atom. The van der Waals surface area contributed by atoms with Crippen molar-refractivity contribution in [2.24, 2.45) is 5.92 Å². The molecule has 1 heterocycles. The fourth-order valence-corrected chi connectivity index (χ4v) is 2.76. The van der Waals surface area contributed by atoms with E-state index in [0.29, 0.717) is 22.2 Å². The van der Waals surface area contributed by atoms with Crippen molar-refractivity contribution in [3.05, 3.63) is 34.7 Å². The van der Waals surface area contributed by atoms with Gasteiger partial charge in [0.25, 0.3) is 5.91 Å². The molecule has 1 fully saturated rings. The number of benzene rings is 1. The van der Waals surface area contributed by atoms with Gasteiger partial charge in [0.2, 0.25) is 0 Å². The first-order chi connectivity index (χ1) is 9.65. The standard InChI is InChI=1S/C15H17N3OS/c1-9-2-6-11(7-3-9)13-12(16)14(20-18-13)15(19)17-8-10-4-5-10/h2-3,6-7,10H,4-5,8,16H2,1H3,(H,17,19). The minimum absolute atomic E-state index is 0.106. The normalized spacial score (nSPS) is 14.2. The predicted octanol–water partition coefficient (Wildman–Crippen LogP) is 2.84. The molecule has 20 heavy (non-hydrogen) atoms. The lowest BCUT2D eigenvalue weighted by Gasteiger charge is -2.03. The van der Waals surface area contributed by atoms with Crippen molar-refractivity contribution in [2.75, 3.05) is 12.3 Å². The Morgan fingerprint density at radius 2 is 2.10 bits per heavy atom. The summed E-state index contributed by atoms with van der Waals surface area (Å²) < 4.78 is 4.34. The Kier molecular flexibility index (Phi) is 3.44. The average molecular weight is 287 g/mol. The molecule has 0 unspecified atom stereocenters. The van der Waals surface area contributed by atoms with E-state index in [1.165, 1.54) is 29.9 Å². The highest BCUT2D eigenvalue weighted by atomic mass is 32.1. The van der Waals surface area contributed by atoms with Crippen molar-refractivity contribution in [1.29, 1.82) is 0 Å². The summed E-state index contributed by atoms with van der Waals surface area (Å²) in [6, 6.07) is 7.99. The van der Waals surface area contributed by atoms with Crippen LogP contribution in [0.2, 0.25) is 0 Å². The van der Waals surface area contributed by atoms with Gasteiger partial charge in [-0.2, -0.15) is 4.37 Å². The van der Waals surface area contributed by atoms with Gasteiger partial charge in [-0.1, -0.05) is 29.8 Å². The maximum Gasteiger partial charge on any atom is 0.265 e. The largest absolute Gasteiger partial charge is 0.396 e. The summed E-state index contributed by atoms with van der Waals surface area (Å²) in [6.45, 7) is 2.78. The lowest BCUT2D eigenvalue weighted by Crippen LogP contribution is -2.25. The molecule has 1 saturated carbocycles. The van der Waals surface area contributed by atoms with E-state index in [1.54, 1.807) is 0 Å². The van der Waals surface area contributed by atoms with Gasteiger partial charge in [-0.15, -0.1) is 0 Å². The second-order valence-electron chi connectivity index (χ2n) is 5.29. The molecule has 0 saturated heterocycles. The van der Waals surface area contributed by atoms with Gasteiger partial charge in [-0.3, -0.25) is 4.79 Å². The van der Waals surface area contributed by atoms with E-state index in [0.717, 1.165) is 12.1 Å². The van der Waals surface area contributed by atoms with Crippen LogP contribution in [0.4, 0.5) is 5.69 Å². The van der Waals surface area contributed by atoms with Gasteiger partial charge in [-0.05, 0) is 37.2 Å². The number of aryl methyl sites for hydroxylation is 1. The minimum Gasteiger partial charge on any atom is -0.396 e. The topological polar surface area (TPSA) is 68.0 Å². The maximum atomic E-state index is 12.1. The zero-order valence-electron chi connectivity index (χ0n) is 11.3. The minimum atomic E-state index is -0.106. The highest BCUT2D eigenvalue weighted by Gasteiger charge is 2.24.